The summed E-state index contributed by atoms with van der Waals surface area (Å²) in [6.45, 7) is 4.11. The summed E-state index contributed by atoms with van der Waals surface area (Å²) in [6, 6.07) is 6.89. The Morgan fingerprint density at radius 3 is 2.90 bits per heavy atom. The van der Waals surface area contributed by atoms with Gasteiger partial charge in [0.15, 0.2) is 5.43 Å². The van der Waals surface area contributed by atoms with Crippen molar-refractivity contribution in [3.8, 4) is 5.75 Å². The Kier molecular flexibility index (Phi) is 4.02. The van der Waals surface area contributed by atoms with Crippen molar-refractivity contribution in [1.82, 2.24) is 4.90 Å². The first kappa shape index (κ1) is 13.2. The SMILES string of the molecule is O=c1ccoc2cccc(OCCCN3CCCC3)c12. The number of nitrogens with zero attached hydrogens (tertiary/aromatic N) is 1. The fraction of sp³-hybridized carbons (Fsp3) is 0.438. The normalized spacial score (nSPS) is 15.8. The van der Waals surface area contributed by atoms with Gasteiger partial charge < -0.3 is 14.1 Å². The van der Waals surface area contributed by atoms with Crippen LogP contribution in [-0.2, 0) is 0 Å². The fourth-order valence-electron chi connectivity index (χ4n) is 2.70. The van der Waals surface area contributed by atoms with Crippen molar-refractivity contribution in [2.45, 2.75) is 19.3 Å². The van der Waals surface area contributed by atoms with E-state index in [0.29, 0.717) is 23.3 Å². The molecular weight excluding hydrogens is 254 g/mol. The summed E-state index contributed by atoms with van der Waals surface area (Å²) in [4.78, 5) is 14.4. The molecule has 2 aromatic rings. The van der Waals surface area contributed by atoms with E-state index < -0.39 is 0 Å². The van der Waals surface area contributed by atoms with Crippen molar-refractivity contribution in [3.63, 3.8) is 0 Å². The lowest BCUT2D eigenvalue weighted by atomic mass is 10.2. The summed E-state index contributed by atoms with van der Waals surface area (Å²) in [6.07, 6.45) is 5.02. The largest absolute Gasteiger partial charge is 0.493 e. The third kappa shape index (κ3) is 2.85. The number of benzene rings is 1. The Bertz CT molecular complexity index is 624. The molecule has 0 radical (unpaired) electrons. The van der Waals surface area contributed by atoms with Crippen molar-refractivity contribution in [1.29, 1.82) is 0 Å². The molecule has 1 aliphatic heterocycles. The zero-order valence-corrected chi connectivity index (χ0v) is 11.5. The second kappa shape index (κ2) is 6.09. The highest BCUT2D eigenvalue weighted by Crippen LogP contribution is 2.22. The van der Waals surface area contributed by atoms with Crippen molar-refractivity contribution >= 4 is 11.0 Å². The number of likely N-dealkylation sites (tertiary alicyclic amines) is 1. The first-order chi connectivity index (χ1) is 9.84. The van der Waals surface area contributed by atoms with Crippen LogP contribution in [0.2, 0.25) is 0 Å². The second-order valence-corrected chi connectivity index (χ2v) is 5.16. The Labute approximate surface area is 118 Å². The highest BCUT2D eigenvalue weighted by molar-refractivity contribution is 5.82. The standard InChI is InChI=1S/C16H19NO3/c18-13-7-12-20-15-6-3-5-14(16(13)15)19-11-4-10-17-8-1-2-9-17/h3,5-7,12H,1-2,4,8-11H2. The average molecular weight is 273 g/mol. The van der Waals surface area contributed by atoms with Gasteiger partial charge in [0.2, 0.25) is 0 Å². The van der Waals surface area contributed by atoms with Crippen LogP contribution in [0.3, 0.4) is 0 Å². The second-order valence-electron chi connectivity index (χ2n) is 5.16. The zero-order chi connectivity index (χ0) is 13.8. The number of rotatable bonds is 5. The molecule has 20 heavy (non-hydrogen) atoms. The van der Waals surface area contributed by atoms with E-state index in [1.54, 1.807) is 6.07 Å². The van der Waals surface area contributed by atoms with Crippen LogP contribution in [0.5, 0.6) is 5.75 Å². The molecule has 0 amide bonds. The summed E-state index contributed by atoms with van der Waals surface area (Å²) >= 11 is 0. The van der Waals surface area contributed by atoms with Crippen LogP contribution in [0.4, 0.5) is 0 Å². The van der Waals surface area contributed by atoms with Gasteiger partial charge in [0.1, 0.15) is 16.7 Å². The maximum Gasteiger partial charge on any atom is 0.196 e. The van der Waals surface area contributed by atoms with Gasteiger partial charge in [0.25, 0.3) is 0 Å². The van der Waals surface area contributed by atoms with Crippen LogP contribution < -0.4 is 10.2 Å². The van der Waals surface area contributed by atoms with E-state index in [1.165, 1.54) is 38.3 Å². The first-order valence-corrected chi connectivity index (χ1v) is 7.20. The molecule has 0 saturated carbocycles. The minimum absolute atomic E-state index is 0.0543. The molecule has 4 nitrogen and oxygen atoms in total. The quantitative estimate of drug-likeness (QED) is 0.785. The van der Waals surface area contributed by atoms with E-state index >= 15 is 0 Å². The van der Waals surface area contributed by atoms with Crippen molar-refractivity contribution < 1.29 is 9.15 Å². The van der Waals surface area contributed by atoms with Crippen molar-refractivity contribution in [2.24, 2.45) is 0 Å². The Balaban J connectivity index is 1.64. The van der Waals surface area contributed by atoms with Crippen molar-refractivity contribution in [3.05, 3.63) is 40.8 Å². The lowest BCUT2D eigenvalue weighted by molar-refractivity contribution is 0.265. The monoisotopic (exact) mass is 273 g/mol. The summed E-state index contributed by atoms with van der Waals surface area (Å²) in [5, 5.41) is 0.538. The molecule has 0 N–H and O–H groups in total. The van der Waals surface area contributed by atoms with Gasteiger partial charge in [-0.3, -0.25) is 4.79 Å². The molecule has 0 atom stereocenters. The molecule has 2 heterocycles. The van der Waals surface area contributed by atoms with E-state index in [4.69, 9.17) is 9.15 Å². The zero-order valence-electron chi connectivity index (χ0n) is 11.5. The topological polar surface area (TPSA) is 42.7 Å². The van der Waals surface area contributed by atoms with E-state index in [2.05, 4.69) is 4.90 Å². The summed E-state index contributed by atoms with van der Waals surface area (Å²) in [7, 11) is 0. The van der Waals surface area contributed by atoms with E-state index in [1.807, 2.05) is 12.1 Å². The van der Waals surface area contributed by atoms with Crippen LogP contribution in [0.1, 0.15) is 19.3 Å². The molecule has 0 unspecified atom stereocenters. The molecule has 0 bridgehead atoms. The van der Waals surface area contributed by atoms with Gasteiger partial charge in [0, 0.05) is 12.6 Å². The molecule has 4 heteroatoms. The van der Waals surface area contributed by atoms with Gasteiger partial charge in [-0.05, 0) is 44.5 Å². The summed E-state index contributed by atoms with van der Waals surface area (Å²) < 4.78 is 11.1. The Hall–Kier alpha value is -1.81. The molecular formula is C16H19NO3. The molecule has 1 fully saturated rings. The molecule has 3 rings (SSSR count). The minimum Gasteiger partial charge on any atom is -0.493 e. The lowest BCUT2D eigenvalue weighted by Gasteiger charge is -2.14. The summed E-state index contributed by atoms with van der Waals surface area (Å²) in [5.41, 5.74) is 0.524. The number of hydrogen-bond donors (Lipinski definition) is 0. The van der Waals surface area contributed by atoms with Crippen molar-refractivity contribution in [2.75, 3.05) is 26.2 Å². The Morgan fingerprint density at radius 1 is 1.20 bits per heavy atom. The van der Waals surface area contributed by atoms with Gasteiger partial charge in [-0.1, -0.05) is 6.07 Å². The maximum atomic E-state index is 11.9. The lowest BCUT2D eigenvalue weighted by Crippen LogP contribution is -2.22. The highest BCUT2D eigenvalue weighted by atomic mass is 16.5. The maximum absolute atomic E-state index is 11.9. The van der Waals surface area contributed by atoms with Gasteiger partial charge in [-0.2, -0.15) is 0 Å². The Morgan fingerprint density at radius 2 is 2.05 bits per heavy atom. The average Bonchev–Trinajstić information content (AvgIpc) is 2.97. The number of fused-ring (bicyclic) bond motifs is 1. The predicted molar refractivity (Wildman–Crippen MR) is 78.3 cm³/mol. The minimum atomic E-state index is -0.0543. The van der Waals surface area contributed by atoms with Crippen LogP contribution in [0.25, 0.3) is 11.0 Å². The molecule has 0 aliphatic carbocycles. The molecule has 1 aromatic heterocycles. The van der Waals surface area contributed by atoms with Crippen LogP contribution in [-0.4, -0.2) is 31.1 Å². The van der Waals surface area contributed by atoms with Crippen LogP contribution >= 0.6 is 0 Å². The molecule has 0 spiro atoms. The van der Waals surface area contributed by atoms with Crippen LogP contribution in [0.15, 0.2) is 39.7 Å². The van der Waals surface area contributed by atoms with Gasteiger partial charge in [-0.15, -0.1) is 0 Å². The summed E-state index contributed by atoms with van der Waals surface area (Å²) in [5.74, 6) is 0.623. The van der Waals surface area contributed by atoms with Gasteiger partial charge in [0.05, 0.1) is 12.9 Å². The van der Waals surface area contributed by atoms with E-state index in [9.17, 15) is 4.79 Å². The number of hydrogen-bond acceptors (Lipinski definition) is 4. The van der Waals surface area contributed by atoms with Crippen LogP contribution in [0, 0.1) is 0 Å². The third-order valence-corrected chi connectivity index (χ3v) is 3.72. The first-order valence-electron chi connectivity index (χ1n) is 7.20. The fourth-order valence-corrected chi connectivity index (χ4v) is 2.70. The molecule has 1 saturated heterocycles. The molecule has 106 valence electrons. The van der Waals surface area contributed by atoms with E-state index in [0.717, 1.165) is 13.0 Å². The third-order valence-electron chi connectivity index (χ3n) is 3.72. The molecule has 1 aromatic carbocycles. The predicted octanol–water partition coefficient (Wildman–Crippen LogP) is 2.66. The van der Waals surface area contributed by atoms with Gasteiger partial charge in [-0.25, -0.2) is 0 Å². The molecule has 1 aliphatic rings. The number of ether oxygens (including phenoxy) is 1. The van der Waals surface area contributed by atoms with Gasteiger partial charge >= 0.3 is 0 Å². The van der Waals surface area contributed by atoms with E-state index in [-0.39, 0.29) is 5.43 Å². The smallest absolute Gasteiger partial charge is 0.196 e. The highest BCUT2D eigenvalue weighted by Gasteiger charge is 2.11.